The number of benzene rings is 1. The topological polar surface area (TPSA) is 58.1 Å². The van der Waals surface area contributed by atoms with Gasteiger partial charge in [-0.05, 0) is 51.2 Å². The van der Waals surface area contributed by atoms with Crippen molar-refractivity contribution in [2.24, 2.45) is 10.9 Å². The Morgan fingerprint density at radius 2 is 2.30 bits per heavy atom. The molecule has 1 aromatic carbocycles. The normalized spacial score (nSPS) is 25.7. The molecule has 150 valence electrons. The van der Waals surface area contributed by atoms with Crippen LogP contribution in [-0.4, -0.2) is 58.0 Å². The quantitative estimate of drug-likeness (QED) is 0.568. The summed E-state index contributed by atoms with van der Waals surface area (Å²) in [5.74, 6) is 2.42. The highest BCUT2D eigenvalue weighted by atomic mass is 16.5. The van der Waals surface area contributed by atoms with Gasteiger partial charge in [0.2, 0.25) is 0 Å². The molecular weight excluding hydrogens is 340 g/mol. The molecule has 3 rings (SSSR count). The maximum atomic E-state index is 5.85. The van der Waals surface area contributed by atoms with Crippen molar-refractivity contribution in [2.45, 2.75) is 38.7 Å². The fraction of sp³-hybridized carbons (Fsp3) is 0.667. The lowest BCUT2D eigenvalue weighted by Gasteiger charge is -2.22. The first-order chi connectivity index (χ1) is 13.1. The van der Waals surface area contributed by atoms with Crippen LogP contribution in [0.25, 0.3) is 0 Å². The fourth-order valence-corrected chi connectivity index (χ4v) is 3.83. The molecule has 0 saturated carbocycles. The van der Waals surface area contributed by atoms with Gasteiger partial charge in [-0.3, -0.25) is 4.99 Å². The zero-order chi connectivity index (χ0) is 19.1. The third-order valence-corrected chi connectivity index (χ3v) is 5.48. The highest BCUT2D eigenvalue weighted by molar-refractivity contribution is 5.79. The highest BCUT2D eigenvalue weighted by Gasteiger charge is 2.29. The van der Waals surface area contributed by atoms with Crippen molar-refractivity contribution in [1.29, 1.82) is 0 Å². The van der Waals surface area contributed by atoms with Gasteiger partial charge in [0.1, 0.15) is 5.75 Å². The van der Waals surface area contributed by atoms with Gasteiger partial charge in [0, 0.05) is 44.5 Å². The molecule has 6 nitrogen and oxygen atoms in total. The number of hydrogen-bond acceptors (Lipinski definition) is 4. The summed E-state index contributed by atoms with van der Waals surface area (Å²) < 4.78 is 11.2. The van der Waals surface area contributed by atoms with Gasteiger partial charge in [0.15, 0.2) is 5.96 Å². The summed E-state index contributed by atoms with van der Waals surface area (Å²) in [6.45, 7) is 9.77. The minimum Gasteiger partial charge on any atom is -0.497 e. The molecule has 2 atom stereocenters. The zero-order valence-corrected chi connectivity index (χ0v) is 17.0. The van der Waals surface area contributed by atoms with Crippen LogP contribution in [0.15, 0.2) is 29.3 Å². The zero-order valence-electron chi connectivity index (χ0n) is 17.0. The average Bonchev–Trinajstić information content (AvgIpc) is 3.34. The van der Waals surface area contributed by atoms with Crippen molar-refractivity contribution >= 4 is 11.6 Å². The number of aliphatic imine (C=N–C) groups is 1. The summed E-state index contributed by atoms with van der Waals surface area (Å²) in [7, 11) is 1.72. The molecule has 27 heavy (non-hydrogen) atoms. The van der Waals surface area contributed by atoms with Crippen LogP contribution in [0.3, 0.4) is 0 Å². The van der Waals surface area contributed by atoms with Gasteiger partial charge in [-0.1, -0.05) is 6.07 Å². The average molecular weight is 375 g/mol. The lowest BCUT2D eigenvalue weighted by atomic mass is 10.0. The number of anilines is 1. The standard InChI is InChI=1S/C21H34N4O2/c1-4-22-20(24-16-21(2)10-6-12-27-21)23-14-17-9-11-25(15-17)18-7-5-8-19(13-18)26-3/h5,7-8,13,17H,4,6,9-12,14-16H2,1-3H3,(H2,22,23,24). The van der Waals surface area contributed by atoms with Gasteiger partial charge in [-0.2, -0.15) is 0 Å². The Bertz CT molecular complexity index is 628. The minimum atomic E-state index is -0.0983. The fourth-order valence-electron chi connectivity index (χ4n) is 3.83. The SMILES string of the molecule is CCNC(=NCC1(C)CCCO1)NCC1CCN(c2cccc(OC)c2)C1. The first-order valence-electron chi connectivity index (χ1n) is 10.2. The van der Waals surface area contributed by atoms with Gasteiger partial charge >= 0.3 is 0 Å². The smallest absolute Gasteiger partial charge is 0.191 e. The minimum absolute atomic E-state index is 0.0983. The molecule has 0 spiro atoms. The van der Waals surface area contributed by atoms with Crippen molar-refractivity contribution in [2.75, 3.05) is 51.3 Å². The second kappa shape index (κ2) is 9.31. The third kappa shape index (κ3) is 5.51. The number of rotatable bonds is 7. The Kier molecular flexibility index (Phi) is 6.83. The largest absolute Gasteiger partial charge is 0.497 e. The number of nitrogens with one attached hydrogen (secondary N) is 2. The molecule has 0 amide bonds. The molecule has 2 aliphatic heterocycles. The van der Waals surface area contributed by atoms with Gasteiger partial charge in [0.05, 0.1) is 19.3 Å². The van der Waals surface area contributed by atoms with E-state index in [9.17, 15) is 0 Å². The van der Waals surface area contributed by atoms with E-state index < -0.39 is 0 Å². The van der Waals surface area contributed by atoms with E-state index in [1.54, 1.807) is 7.11 Å². The molecule has 1 aromatic rings. The van der Waals surface area contributed by atoms with Gasteiger partial charge in [-0.15, -0.1) is 0 Å². The second-order valence-electron chi connectivity index (χ2n) is 7.78. The molecule has 2 aliphatic rings. The van der Waals surface area contributed by atoms with Crippen LogP contribution in [0, 0.1) is 5.92 Å². The van der Waals surface area contributed by atoms with Crippen LogP contribution >= 0.6 is 0 Å². The molecule has 2 saturated heterocycles. The first-order valence-corrected chi connectivity index (χ1v) is 10.2. The Morgan fingerprint density at radius 3 is 3.04 bits per heavy atom. The number of methoxy groups -OCH3 is 1. The van der Waals surface area contributed by atoms with Gasteiger partial charge < -0.3 is 25.0 Å². The van der Waals surface area contributed by atoms with E-state index in [1.807, 2.05) is 6.07 Å². The first kappa shape index (κ1) is 19.8. The van der Waals surface area contributed by atoms with E-state index in [0.29, 0.717) is 12.5 Å². The van der Waals surface area contributed by atoms with Crippen LogP contribution in [0.5, 0.6) is 5.75 Å². The summed E-state index contributed by atoms with van der Waals surface area (Å²) in [6, 6.07) is 8.32. The van der Waals surface area contributed by atoms with Crippen LogP contribution < -0.4 is 20.3 Å². The number of nitrogens with zero attached hydrogens (tertiary/aromatic N) is 2. The molecule has 0 aliphatic carbocycles. The van der Waals surface area contributed by atoms with Crippen molar-refractivity contribution in [3.8, 4) is 5.75 Å². The van der Waals surface area contributed by atoms with E-state index in [2.05, 4.69) is 47.6 Å². The van der Waals surface area contributed by atoms with E-state index in [-0.39, 0.29) is 5.60 Å². The molecule has 0 radical (unpaired) electrons. The number of guanidine groups is 1. The van der Waals surface area contributed by atoms with Crippen LogP contribution in [0.1, 0.15) is 33.1 Å². The van der Waals surface area contributed by atoms with Crippen molar-refractivity contribution in [1.82, 2.24) is 10.6 Å². The number of ether oxygens (including phenoxy) is 2. The summed E-state index contributed by atoms with van der Waals surface area (Å²) in [4.78, 5) is 7.20. The van der Waals surface area contributed by atoms with E-state index in [4.69, 9.17) is 14.5 Å². The Morgan fingerprint density at radius 1 is 1.41 bits per heavy atom. The number of hydrogen-bond donors (Lipinski definition) is 2. The van der Waals surface area contributed by atoms with Gasteiger partial charge in [0.25, 0.3) is 0 Å². The van der Waals surface area contributed by atoms with Crippen LogP contribution in [0.2, 0.25) is 0 Å². The Balaban J connectivity index is 1.50. The summed E-state index contributed by atoms with van der Waals surface area (Å²) in [5, 5.41) is 6.89. The Labute approximate surface area is 163 Å². The maximum Gasteiger partial charge on any atom is 0.191 e. The highest BCUT2D eigenvalue weighted by Crippen LogP contribution is 2.27. The van der Waals surface area contributed by atoms with E-state index >= 15 is 0 Å². The molecule has 2 unspecified atom stereocenters. The monoisotopic (exact) mass is 374 g/mol. The molecule has 0 bridgehead atoms. The lowest BCUT2D eigenvalue weighted by Crippen LogP contribution is -2.41. The maximum absolute atomic E-state index is 5.85. The second-order valence-corrected chi connectivity index (χ2v) is 7.78. The predicted molar refractivity (Wildman–Crippen MR) is 111 cm³/mol. The molecule has 6 heteroatoms. The lowest BCUT2D eigenvalue weighted by molar-refractivity contribution is 0.0283. The van der Waals surface area contributed by atoms with Crippen molar-refractivity contribution in [3.63, 3.8) is 0 Å². The molecule has 2 N–H and O–H groups in total. The predicted octanol–water partition coefficient (Wildman–Crippen LogP) is 2.65. The Hall–Kier alpha value is -1.95. The summed E-state index contributed by atoms with van der Waals surface area (Å²) in [5.41, 5.74) is 1.14. The van der Waals surface area contributed by atoms with Crippen molar-refractivity contribution in [3.05, 3.63) is 24.3 Å². The summed E-state index contributed by atoms with van der Waals surface area (Å²) >= 11 is 0. The van der Waals surface area contributed by atoms with Crippen molar-refractivity contribution < 1.29 is 9.47 Å². The van der Waals surface area contributed by atoms with Crippen LogP contribution in [-0.2, 0) is 4.74 Å². The molecule has 0 aromatic heterocycles. The third-order valence-electron chi connectivity index (χ3n) is 5.48. The molecule has 2 heterocycles. The van der Waals surface area contributed by atoms with E-state index in [1.165, 1.54) is 12.1 Å². The summed E-state index contributed by atoms with van der Waals surface area (Å²) in [6.07, 6.45) is 3.41. The van der Waals surface area contributed by atoms with Crippen LogP contribution in [0.4, 0.5) is 5.69 Å². The molecular formula is C21H34N4O2. The van der Waals surface area contributed by atoms with Gasteiger partial charge in [-0.25, -0.2) is 0 Å². The van der Waals surface area contributed by atoms with E-state index in [0.717, 1.165) is 57.3 Å². The molecule has 2 fully saturated rings.